The van der Waals surface area contributed by atoms with E-state index in [1.54, 1.807) is 4.68 Å². The summed E-state index contributed by atoms with van der Waals surface area (Å²) in [5.74, 6) is 0.145. The molecule has 0 saturated carbocycles. The number of aromatic nitrogens is 5. The molecule has 2 aromatic rings. The van der Waals surface area contributed by atoms with Crippen molar-refractivity contribution in [3.8, 4) is 6.01 Å². The quantitative estimate of drug-likeness (QED) is 0.905. The molecule has 0 unspecified atom stereocenters. The normalized spacial score (nSPS) is 11.0. The number of hydrogen-bond acceptors (Lipinski definition) is 7. The molecular weight excluding hydrogens is 264 g/mol. The summed E-state index contributed by atoms with van der Waals surface area (Å²) in [6, 6.07) is 2.19. The van der Waals surface area contributed by atoms with E-state index in [1.807, 2.05) is 33.9 Å². The van der Waals surface area contributed by atoms with Crippen molar-refractivity contribution in [2.45, 2.75) is 37.1 Å². The smallest absolute Gasteiger partial charge is 0.322 e. The Morgan fingerprint density at radius 2 is 2.05 bits per heavy atom. The van der Waals surface area contributed by atoms with Crippen LogP contribution >= 0.6 is 11.8 Å². The van der Waals surface area contributed by atoms with Gasteiger partial charge in [-0.3, -0.25) is 4.68 Å². The first kappa shape index (κ1) is 13.6. The highest BCUT2D eigenvalue weighted by molar-refractivity contribution is 7.99. The molecule has 0 radical (unpaired) electrons. The van der Waals surface area contributed by atoms with Crippen molar-refractivity contribution in [2.75, 3.05) is 5.73 Å². The maximum atomic E-state index is 5.65. The zero-order valence-corrected chi connectivity index (χ0v) is 12.1. The van der Waals surface area contributed by atoms with Crippen LogP contribution in [0.2, 0.25) is 0 Å². The summed E-state index contributed by atoms with van der Waals surface area (Å²) < 4.78 is 7.20. The highest BCUT2D eigenvalue weighted by Crippen LogP contribution is 2.26. The predicted molar refractivity (Wildman–Crippen MR) is 72.1 cm³/mol. The average Bonchev–Trinajstić information content (AvgIpc) is 2.55. The van der Waals surface area contributed by atoms with E-state index in [1.165, 1.54) is 11.8 Å². The third-order valence-electron chi connectivity index (χ3n) is 2.11. The van der Waals surface area contributed by atoms with Gasteiger partial charge in [-0.25, -0.2) is 0 Å². The SMILES string of the molecule is Cc1cc(Sc2nc(N)nc(OC(C)C)n2)n(C)n1. The fourth-order valence-electron chi connectivity index (χ4n) is 1.44. The molecule has 0 amide bonds. The third kappa shape index (κ3) is 3.57. The van der Waals surface area contributed by atoms with Gasteiger partial charge < -0.3 is 10.5 Å². The molecule has 0 spiro atoms. The van der Waals surface area contributed by atoms with Crippen molar-refractivity contribution in [1.82, 2.24) is 24.7 Å². The van der Waals surface area contributed by atoms with Crippen LogP contribution in [0.25, 0.3) is 0 Å². The minimum absolute atomic E-state index is 0.0152. The van der Waals surface area contributed by atoms with E-state index in [4.69, 9.17) is 10.5 Å². The predicted octanol–water partition coefficient (Wildman–Crippen LogP) is 1.43. The molecule has 2 heterocycles. The van der Waals surface area contributed by atoms with Gasteiger partial charge in [-0.05, 0) is 38.6 Å². The molecule has 0 fully saturated rings. The lowest BCUT2D eigenvalue weighted by Gasteiger charge is -2.08. The molecular formula is C11H16N6OS. The van der Waals surface area contributed by atoms with Crippen molar-refractivity contribution in [2.24, 2.45) is 7.05 Å². The minimum atomic E-state index is -0.0152. The monoisotopic (exact) mass is 280 g/mol. The second-order valence-electron chi connectivity index (χ2n) is 4.27. The topological polar surface area (TPSA) is 91.7 Å². The molecule has 0 bridgehead atoms. The molecule has 0 aliphatic rings. The van der Waals surface area contributed by atoms with Crippen LogP contribution in [0.3, 0.4) is 0 Å². The van der Waals surface area contributed by atoms with E-state index in [9.17, 15) is 0 Å². The number of anilines is 1. The number of nitrogens with two attached hydrogens (primary N) is 1. The number of ether oxygens (including phenoxy) is 1. The fourth-order valence-corrected chi connectivity index (χ4v) is 2.29. The van der Waals surface area contributed by atoms with Gasteiger partial charge in [-0.1, -0.05) is 0 Å². The summed E-state index contributed by atoms with van der Waals surface area (Å²) in [6.45, 7) is 5.73. The van der Waals surface area contributed by atoms with Crippen LogP contribution in [-0.4, -0.2) is 30.8 Å². The van der Waals surface area contributed by atoms with Crippen molar-refractivity contribution >= 4 is 17.7 Å². The molecule has 0 aliphatic heterocycles. The van der Waals surface area contributed by atoms with Gasteiger partial charge in [-0.2, -0.15) is 20.1 Å². The molecule has 2 rings (SSSR count). The third-order valence-corrected chi connectivity index (χ3v) is 3.06. The second kappa shape index (κ2) is 5.43. The Morgan fingerprint density at radius 3 is 2.63 bits per heavy atom. The zero-order chi connectivity index (χ0) is 14.0. The summed E-state index contributed by atoms with van der Waals surface area (Å²) in [4.78, 5) is 12.2. The van der Waals surface area contributed by atoms with E-state index >= 15 is 0 Å². The molecule has 102 valence electrons. The lowest BCUT2D eigenvalue weighted by atomic mass is 10.5. The van der Waals surface area contributed by atoms with Gasteiger partial charge in [0.15, 0.2) is 0 Å². The fraction of sp³-hybridized carbons (Fsp3) is 0.455. The van der Waals surface area contributed by atoms with Gasteiger partial charge in [0.2, 0.25) is 11.1 Å². The zero-order valence-electron chi connectivity index (χ0n) is 11.3. The number of nitrogens with zero attached hydrogens (tertiary/aromatic N) is 5. The average molecular weight is 280 g/mol. The largest absolute Gasteiger partial charge is 0.461 e. The molecule has 0 aromatic carbocycles. The summed E-state index contributed by atoms with van der Waals surface area (Å²) in [6.07, 6.45) is -0.0152. The van der Waals surface area contributed by atoms with Crippen LogP contribution in [0.4, 0.5) is 5.95 Å². The van der Waals surface area contributed by atoms with Gasteiger partial charge in [0.25, 0.3) is 0 Å². The van der Waals surface area contributed by atoms with Crippen LogP contribution in [0.1, 0.15) is 19.5 Å². The highest BCUT2D eigenvalue weighted by atomic mass is 32.2. The molecule has 0 aliphatic carbocycles. The lowest BCUT2D eigenvalue weighted by Crippen LogP contribution is -2.11. The maximum absolute atomic E-state index is 5.65. The van der Waals surface area contributed by atoms with Crippen LogP contribution in [-0.2, 0) is 7.05 Å². The first-order valence-corrected chi connectivity index (χ1v) is 6.62. The van der Waals surface area contributed by atoms with Crippen molar-refractivity contribution in [3.05, 3.63) is 11.8 Å². The van der Waals surface area contributed by atoms with Gasteiger partial charge >= 0.3 is 6.01 Å². The summed E-state index contributed by atoms with van der Waals surface area (Å²) in [5, 5.41) is 5.68. The van der Waals surface area contributed by atoms with E-state index in [0.29, 0.717) is 5.16 Å². The standard InChI is InChI=1S/C11H16N6OS/c1-6(2)18-10-13-9(12)14-11(15-10)19-8-5-7(3)16-17(8)4/h5-6H,1-4H3,(H2,12,13,14,15). The van der Waals surface area contributed by atoms with E-state index in [2.05, 4.69) is 20.1 Å². The Labute approximate surface area is 115 Å². The summed E-state index contributed by atoms with van der Waals surface area (Å²) in [7, 11) is 1.87. The van der Waals surface area contributed by atoms with E-state index in [-0.39, 0.29) is 18.1 Å². The van der Waals surface area contributed by atoms with Gasteiger partial charge in [0.1, 0.15) is 5.03 Å². The minimum Gasteiger partial charge on any atom is -0.461 e. The lowest BCUT2D eigenvalue weighted by molar-refractivity contribution is 0.219. The van der Waals surface area contributed by atoms with Gasteiger partial charge in [-0.15, -0.1) is 0 Å². The van der Waals surface area contributed by atoms with Crippen molar-refractivity contribution < 1.29 is 4.74 Å². The Hall–Kier alpha value is -1.83. The van der Waals surface area contributed by atoms with Crippen LogP contribution in [0, 0.1) is 6.92 Å². The van der Waals surface area contributed by atoms with Crippen LogP contribution in [0.15, 0.2) is 16.2 Å². The molecule has 19 heavy (non-hydrogen) atoms. The molecule has 0 saturated heterocycles. The Morgan fingerprint density at radius 1 is 1.32 bits per heavy atom. The molecule has 0 atom stereocenters. The van der Waals surface area contributed by atoms with E-state index in [0.717, 1.165) is 10.7 Å². The highest BCUT2D eigenvalue weighted by Gasteiger charge is 2.11. The van der Waals surface area contributed by atoms with Crippen molar-refractivity contribution in [1.29, 1.82) is 0 Å². The Bertz CT molecular complexity index is 583. The van der Waals surface area contributed by atoms with Crippen molar-refractivity contribution in [3.63, 3.8) is 0 Å². The first-order chi connectivity index (χ1) is 8.94. The van der Waals surface area contributed by atoms with Gasteiger partial charge in [0, 0.05) is 7.05 Å². The van der Waals surface area contributed by atoms with Gasteiger partial charge in [0.05, 0.1) is 11.8 Å². The van der Waals surface area contributed by atoms with E-state index < -0.39 is 0 Å². The summed E-state index contributed by atoms with van der Waals surface area (Å²) in [5.41, 5.74) is 6.59. The van der Waals surface area contributed by atoms with Crippen LogP contribution in [0.5, 0.6) is 6.01 Å². The molecule has 2 N–H and O–H groups in total. The molecule has 8 heteroatoms. The molecule has 7 nitrogen and oxygen atoms in total. The number of nitrogen functional groups attached to an aromatic ring is 1. The Kier molecular flexibility index (Phi) is 3.89. The Balaban J connectivity index is 2.25. The maximum Gasteiger partial charge on any atom is 0.322 e. The number of hydrogen-bond donors (Lipinski definition) is 1. The first-order valence-electron chi connectivity index (χ1n) is 5.80. The number of rotatable bonds is 4. The number of aryl methyl sites for hydroxylation is 2. The van der Waals surface area contributed by atoms with Crippen LogP contribution < -0.4 is 10.5 Å². The second-order valence-corrected chi connectivity index (χ2v) is 5.26. The summed E-state index contributed by atoms with van der Waals surface area (Å²) >= 11 is 1.37. The molecule has 2 aromatic heterocycles.